The molecule has 1 aliphatic heterocycles. The summed E-state index contributed by atoms with van der Waals surface area (Å²) < 4.78 is 7.84. The van der Waals surface area contributed by atoms with Crippen LogP contribution in [0.1, 0.15) is 25.1 Å². The van der Waals surface area contributed by atoms with Gasteiger partial charge >= 0.3 is 5.69 Å². The van der Waals surface area contributed by atoms with Gasteiger partial charge in [0.2, 0.25) is 5.91 Å². The summed E-state index contributed by atoms with van der Waals surface area (Å²) in [7, 11) is 1.40. The predicted octanol–water partition coefficient (Wildman–Crippen LogP) is 1.33. The van der Waals surface area contributed by atoms with E-state index in [1.165, 1.54) is 25.3 Å². The fraction of sp³-hybridized carbons (Fsp3) is 0.438. The number of amides is 1. The molecule has 2 aromatic rings. The van der Waals surface area contributed by atoms with Crippen molar-refractivity contribution < 1.29 is 14.5 Å². The summed E-state index contributed by atoms with van der Waals surface area (Å²) in [5.41, 5.74) is -0.324. The summed E-state index contributed by atoms with van der Waals surface area (Å²) in [5, 5.41) is 17.7. The van der Waals surface area contributed by atoms with Crippen LogP contribution < -0.4 is 15.7 Å². The number of fused-ring (bicyclic) bond motifs is 1. The van der Waals surface area contributed by atoms with E-state index in [9.17, 15) is 19.7 Å². The average Bonchev–Trinajstić information content (AvgIpc) is 2.78. The fourth-order valence-electron chi connectivity index (χ4n) is 2.96. The largest absolute Gasteiger partial charge is 0.495 e. The molecule has 0 aliphatic carbocycles. The van der Waals surface area contributed by atoms with Gasteiger partial charge in [0.15, 0.2) is 0 Å². The molecule has 2 heterocycles. The molecular formula is C16H19N5O5. The van der Waals surface area contributed by atoms with Crippen molar-refractivity contribution in [1.29, 1.82) is 0 Å². The Morgan fingerprint density at radius 1 is 1.38 bits per heavy atom. The topological polar surface area (TPSA) is 121 Å². The highest BCUT2D eigenvalue weighted by Gasteiger charge is 2.19. The second-order valence-electron chi connectivity index (χ2n) is 6.01. The van der Waals surface area contributed by atoms with E-state index < -0.39 is 10.8 Å². The van der Waals surface area contributed by atoms with Crippen LogP contribution in [0.25, 0.3) is 0 Å². The molecule has 0 fully saturated rings. The van der Waals surface area contributed by atoms with Crippen LogP contribution in [0.3, 0.4) is 0 Å². The summed E-state index contributed by atoms with van der Waals surface area (Å²) in [6.07, 6.45) is 3.64. The number of nitrogens with one attached hydrogen (secondary N) is 1. The molecule has 10 heteroatoms. The van der Waals surface area contributed by atoms with E-state index in [0.717, 1.165) is 23.9 Å². The van der Waals surface area contributed by atoms with Crippen LogP contribution in [0.5, 0.6) is 5.75 Å². The van der Waals surface area contributed by atoms with Crippen LogP contribution >= 0.6 is 0 Å². The zero-order valence-electron chi connectivity index (χ0n) is 14.3. The van der Waals surface area contributed by atoms with Gasteiger partial charge in [-0.2, -0.15) is 5.10 Å². The summed E-state index contributed by atoms with van der Waals surface area (Å²) in [6, 6.07) is 3.89. The molecule has 10 nitrogen and oxygen atoms in total. The van der Waals surface area contributed by atoms with Crippen molar-refractivity contribution in [2.75, 3.05) is 12.4 Å². The van der Waals surface area contributed by atoms with Crippen LogP contribution in [0, 0.1) is 10.1 Å². The van der Waals surface area contributed by atoms with Crippen molar-refractivity contribution >= 4 is 17.3 Å². The van der Waals surface area contributed by atoms with Gasteiger partial charge in [0, 0.05) is 25.1 Å². The van der Waals surface area contributed by atoms with E-state index in [4.69, 9.17) is 4.74 Å². The van der Waals surface area contributed by atoms with Gasteiger partial charge in [-0.1, -0.05) is 6.42 Å². The minimum absolute atomic E-state index is 0.167. The first-order valence-corrected chi connectivity index (χ1v) is 8.28. The lowest BCUT2D eigenvalue weighted by atomic mass is 10.2. The number of methoxy groups -OCH3 is 1. The van der Waals surface area contributed by atoms with Crippen LogP contribution in [-0.2, 0) is 24.3 Å². The van der Waals surface area contributed by atoms with Gasteiger partial charge < -0.3 is 10.1 Å². The number of ether oxygens (including phenoxy) is 1. The van der Waals surface area contributed by atoms with Crippen molar-refractivity contribution in [2.45, 2.75) is 38.8 Å². The number of aryl methyl sites for hydroxylation is 1. The number of hydrogen-bond donors (Lipinski definition) is 1. The van der Waals surface area contributed by atoms with Crippen LogP contribution in [0.15, 0.2) is 23.0 Å². The lowest BCUT2D eigenvalue weighted by Crippen LogP contribution is -2.30. The standard InChI is InChI=1S/C16H19N5O5/c1-26-13-7-6-11(21(24)25)9-12(13)17-15(22)10-20-16(23)19-8-4-2-3-5-14(19)18-20/h6-7,9H,2-5,8,10H2,1H3,(H,17,22). The Labute approximate surface area is 148 Å². The highest BCUT2D eigenvalue weighted by Crippen LogP contribution is 2.28. The Balaban J connectivity index is 1.79. The third-order valence-electron chi connectivity index (χ3n) is 4.24. The summed E-state index contributed by atoms with van der Waals surface area (Å²) in [4.78, 5) is 35.1. The molecule has 0 spiro atoms. The molecule has 0 saturated carbocycles. The van der Waals surface area contributed by atoms with Crippen molar-refractivity contribution in [3.05, 3.63) is 44.6 Å². The third kappa shape index (κ3) is 3.58. The summed E-state index contributed by atoms with van der Waals surface area (Å²) >= 11 is 0. The van der Waals surface area contributed by atoms with Crippen molar-refractivity contribution in [3.63, 3.8) is 0 Å². The molecule has 3 rings (SSSR count). The highest BCUT2D eigenvalue weighted by atomic mass is 16.6. The molecule has 1 aromatic heterocycles. The molecule has 0 unspecified atom stereocenters. The molecule has 138 valence electrons. The maximum Gasteiger partial charge on any atom is 0.346 e. The Morgan fingerprint density at radius 3 is 2.92 bits per heavy atom. The van der Waals surface area contributed by atoms with Gasteiger partial charge in [0.25, 0.3) is 5.69 Å². The van der Waals surface area contributed by atoms with Crippen molar-refractivity contribution in [3.8, 4) is 5.75 Å². The quantitative estimate of drug-likeness (QED) is 0.633. The van der Waals surface area contributed by atoms with Gasteiger partial charge in [-0.15, -0.1) is 0 Å². The molecule has 1 N–H and O–H groups in total. The lowest BCUT2D eigenvalue weighted by Gasteiger charge is -2.09. The van der Waals surface area contributed by atoms with E-state index >= 15 is 0 Å². The number of carbonyl (C=O) groups excluding carboxylic acids is 1. The minimum atomic E-state index is -0.563. The molecule has 1 amide bonds. The molecular weight excluding hydrogens is 342 g/mol. The van der Waals surface area contributed by atoms with E-state index in [1.54, 1.807) is 4.57 Å². The van der Waals surface area contributed by atoms with Crippen molar-refractivity contribution in [1.82, 2.24) is 14.3 Å². The number of benzene rings is 1. The van der Waals surface area contributed by atoms with Crippen molar-refractivity contribution in [2.24, 2.45) is 0 Å². The maximum atomic E-state index is 12.4. The number of nitro groups is 1. The smallest absolute Gasteiger partial charge is 0.346 e. The normalized spacial score (nSPS) is 13.6. The van der Waals surface area contributed by atoms with Gasteiger partial charge in [0.1, 0.15) is 18.1 Å². The lowest BCUT2D eigenvalue weighted by molar-refractivity contribution is -0.384. The number of nitro benzene ring substituents is 1. The molecule has 1 aromatic carbocycles. The summed E-state index contributed by atoms with van der Waals surface area (Å²) in [6.45, 7) is 0.333. The Kier molecular flexibility index (Phi) is 5.01. The number of non-ortho nitro benzene ring substituents is 1. The molecule has 0 radical (unpaired) electrons. The van der Waals surface area contributed by atoms with Gasteiger partial charge in [-0.05, 0) is 18.9 Å². The molecule has 0 atom stereocenters. The number of aromatic nitrogens is 3. The first-order chi connectivity index (χ1) is 12.5. The van der Waals surface area contributed by atoms with E-state index in [2.05, 4.69) is 10.4 Å². The minimum Gasteiger partial charge on any atom is -0.495 e. The van der Waals surface area contributed by atoms with Gasteiger partial charge in [0.05, 0.1) is 17.7 Å². The van der Waals surface area contributed by atoms with E-state index in [-0.39, 0.29) is 29.4 Å². The van der Waals surface area contributed by atoms with Gasteiger partial charge in [-0.3, -0.25) is 19.5 Å². The van der Waals surface area contributed by atoms with E-state index in [0.29, 0.717) is 18.8 Å². The second kappa shape index (κ2) is 7.38. The first-order valence-electron chi connectivity index (χ1n) is 8.28. The number of rotatable bonds is 5. The Hall–Kier alpha value is -3.17. The monoisotopic (exact) mass is 361 g/mol. The van der Waals surface area contributed by atoms with E-state index in [1.807, 2.05) is 0 Å². The third-order valence-corrected chi connectivity index (χ3v) is 4.24. The highest BCUT2D eigenvalue weighted by molar-refractivity contribution is 5.92. The SMILES string of the molecule is COc1ccc([N+](=O)[O-])cc1NC(=O)Cn1nc2n(c1=O)CCCCC2. The fourth-order valence-corrected chi connectivity index (χ4v) is 2.96. The zero-order chi connectivity index (χ0) is 18.7. The number of nitrogens with zero attached hydrogens (tertiary/aromatic N) is 4. The molecule has 0 bridgehead atoms. The first kappa shape index (κ1) is 17.6. The number of hydrogen-bond acceptors (Lipinski definition) is 6. The second-order valence-corrected chi connectivity index (χ2v) is 6.01. The van der Waals surface area contributed by atoms with Crippen LogP contribution in [0.4, 0.5) is 11.4 Å². The molecule has 1 aliphatic rings. The van der Waals surface area contributed by atoms with Gasteiger partial charge in [-0.25, -0.2) is 9.48 Å². The number of anilines is 1. The Morgan fingerprint density at radius 2 is 2.19 bits per heavy atom. The van der Waals surface area contributed by atoms with Crippen LogP contribution in [-0.4, -0.2) is 32.3 Å². The molecule has 0 saturated heterocycles. The molecule has 26 heavy (non-hydrogen) atoms. The summed E-state index contributed by atoms with van der Waals surface area (Å²) in [5.74, 6) is 0.462. The zero-order valence-corrected chi connectivity index (χ0v) is 14.3. The Bertz CT molecular complexity index is 901. The maximum absolute atomic E-state index is 12.4. The van der Waals surface area contributed by atoms with Crippen LogP contribution in [0.2, 0.25) is 0 Å². The predicted molar refractivity (Wildman–Crippen MR) is 92.3 cm³/mol. The average molecular weight is 361 g/mol. The number of carbonyl (C=O) groups is 1.